The minimum atomic E-state index is -0.148. The van der Waals surface area contributed by atoms with E-state index in [1.165, 1.54) is 0 Å². The predicted molar refractivity (Wildman–Crippen MR) is 64.2 cm³/mol. The molecule has 0 saturated carbocycles. The zero-order valence-electron chi connectivity index (χ0n) is 8.82. The third-order valence-corrected chi connectivity index (χ3v) is 3.12. The smallest absolute Gasteiger partial charge is 0.147 e. The fraction of sp³-hybridized carbons (Fsp3) is 0.400. The van der Waals surface area contributed by atoms with Crippen molar-refractivity contribution in [3.63, 3.8) is 0 Å². The van der Waals surface area contributed by atoms with Crippen LogP contribution in [0.1, 0.15) is 13.8 Å². The molecule has 0 aromatic carbocycles. The van der Waals surface area contributed by atoms with Crippen LogP contribution in [0.15, 0.2) is 17.8 Å². The Morgan fingerprint density at radius 3 is 3.00 bits per heavy atom. The van der Waals surface area contributed by atoms with Gasteiger partial charge in [0.05, 0.1) is 10.2 Å². The summed E-state index contributed by atoms with van der Waals surface area (Å²) in [5, 5.41) is 5.35. The summed E-state index contributed by atoms with van der Waals surface area (Å²) in [5.41, 5.74) is 6.50. The lowest BCUT2D eigenvalue weighted by atomic mass is 10.1. The van der Waals surface area contributed by atoms with E-state index in [0.717, 1.165) is 16.0 Å². The first kappa shape index (κ1) is 10.3. The standard InChI is InChI=1S/C10H14N4S/c1-10(2,5-11)14-9-8-7(3-4-15-8)12-6-13-9/h3-4,6H,5,11H2,1-2H3,(H,12,13,14). The van der Waals surface area contributed by atoms with E-state index in [0.29, 0.717) is 6.54 Å². The SMILES string of the molecule is CC(C)(CN)Nc1ncnc2ccsc12. The van der Waals surface area contributed by atoms with Crippen LogP contribution in [0, 0.1) is 0 Å². The number of thiophene rings is 1. The molecule has 4 nitrogen and oxygen atoms in total. The fourth-order valence-electron chi connectivity index (χ4n) is 1.25. The number of nitrogens with two attached hydrogens (primary N) is 1. The van der Waals surface area contributed by atoms with Gasteiger partial charge >= 0.3 is 0 Å². The normalized spacial score (nSPS) is 11.9. The maximum atomic E-state index is 5.67. The van der Waals surface area contributed by atoms with Crippen molar-refractivity contribution < 1.29 is 0 Å². The highest BCUT2D eigenvalue weighted by Gasteiger charge is 2.17. The number of anilines is 1. The molecule has 80 valence electrons. The molecule has 2 rings (SSSR count). The highest BCUT2D eigenvalue weighted by atomic mass is 32.1. The molecule has 0 aliphatic rings. The highest BCUT2D eigenvalue weighted by Crippen LogP contribution is 2.26. The largest absolute Gasteiger partial charge is 0.363 e. The van der Waals surface area contributed by atoms with Gasteiger partial charge in [-0.15, -0.1) is 11.3 Å². The maximum Gasteiger partial charge on any atom is 0.147 e. The molecule has 0 unspecified atom stereocenters. The molecule has 2 aromatic rings. The monoisotopic (exact) mass is 222 g/mol. The topological polar surface area (TPSA) is 63.8 Å². The van der Waals surface area contributed by atoms with Gasteiger partial charge in [0.2, 0.25) is 0 Å². The summed E-state index contributed by atoms with van der Waals surface area (Å²) >= 11 is 1.64. The molecular formula is C10H14N4S. The van der Waals surface area contributed by atoms with Crippen molar-refractivity contribution in [3.8, 4) is 0 Å². The van der Waals surface area contributed by atoms with Crippen molar-refractivity contribution in [3.05, 3.63) is 17.8 Å². The molecule has 0 saturated heterocycles. The van der Waals surface area contributed by atoms with Gasteiger partial charge in [0.15, 0.2) is 0 Å². The second-order valence-corrected chi connectivity index (χ2v) is 4.99. The molecule has 0 atom stereocenters. The molecule has 2 heterocycles. The Kier molecular flexibility index (Phi) is 2.58. The molecule has 0 radical (unpaired) electrons. The molecule has 0 aliphatic carbocycles. The van der Waals surface area contributed by atoms with Gasteiger partial charge in [-0.25, -0.2) is 9.97 Å². The summed E-state index contributed by atoms with van der Waals surface area (Å²) in [4.78, 5) is 8.43. The Hall–Kier alpha value is -1.20. The van der Waals surface area contributed by atoms with Gasteiger partial charge in [0, 0.05) is 12.1 Å². The van der Waals surface area contributed by atoms with E-state index in [4.69, 9.17) is 5.73 Å². The summed E-state index contributed by atoms with van der Waals surface area (Å²) in [6.45, 7) is 4.66. The molecule has 0 aliphatic heterocycles. The van der Waals surface area contributed by atoms with Crippen LogP contribution in [-0.2, 0) is 0 Å². The third-order valence-electron chi connectivity index (χ3n) is 2.21. The lowest BCUT2D eigenvalue weighted by Gasteiger charge is -2.24. The van der Waals surface area contributed by atoms with E-state index in [2.05, 4.69) is 29.1 Å². The first-order valence-electron chi connectivity index (χ1n) is 4.79. The van der Waals surface area contributed by atoms with Crippen LogP contribution < -0.4 is 11.1 Å². The quantitative estimate of drug-likeness (QED) is 0.831. The lowest BCUT2D eigenvalue weighted by molar-refractivity contribution is 0.578. The zero-order chi connectivity index (χ0) is 10.9. The molecule has 3 N–H and O–H groups in total. The van der Waals surface area contributed by atoms with Crippen LogP contribution in [0.2, 0.25) is 0 Å². The van der Waals surface area contributed by atoms with E-state index in [-0.39, 0.29) is 5.54 Å². The van der Waals surface area contributed by atoms with Crippen LogP contribution in [0.5, 0.6) is 0 Å². The van der Waals surface area contributed by atoms with Crippen molar-refractivity contribution in [2.45, 2.75) is 19.4 Å². The lowest BCUT2D eigenvalue weighted by Crippen LogP contribution is -2.39. The number of aromatic nitrogens is 2. The van der Waals surface area contributed by atoms with Crippen molar-refractivity contribution in [1.82, 2.24) is 9.97 Å². The number of hydrogen-bond donors (Lipinski definition) is 2. The van der Waals surface area contributed by atoms with Crippen LogP contribution in [0.25, 0.3) is 10.2 Å². The molecule has 0 amide bonds. The molecular weight excluding hydrogens is 208 g/mol. The Balaban J connectivity index is 2.39. The molecule has 15 heavy (non-hydrogen) atoms. The molecule has 0 fully saturated rings. The average Bonchev–Trinajstić information content (AvgIpc) is 2.66. The average molecular weight is 222 g/mol. The van der Waals surface area contributed by atoms with Crippen molar-refractivity contribution in [2.75, 3.05) is 11.9 Å². The summed E-state index contributed by atoms with van der Waals surface area (Å²) in [5.74, 6) is 0.866. The van der Waals surface area contributed by atoms with Gasteiger partial charge in [-0.1, -0.05) is 0 Å². The summed E-state index contributed by atoms with van der Waals surface area (Å²) in [7, 11) is 0. The fourth-order valence-corrected chi connectivity index (χ4v) is 2.04. The first-order chi connectivity index (χ1) is 7.12. The van der Waals surface area contributed by atoms with Crippen LogP contribution in [0.3, 0.4) is 0 Å². The summed E-state index contributed by atoms with van der Waals surface area (Å²) in [6.07, 6.45) is 1.57. The zero-order valence-corrected chi connectivity index (χ0v) is 9.64. The van der Waals surface area contributed by atoms with Crippen LogP contribution in [0.4, 0.5) is 5.82 Å². The highest BCUT2D eigenvalue weighted by molar-refractivity contribution is 7.17. The predicted octanol–water partition coefficient (Wildman–Crippen LogP) is 1.84. The molecule has 0 bridgehead atoms. The maximum absolute atomic E-state index is 5.67. The Bertz CT molecular complexity index is 463. The Labute approximate surface area is 92.5 Å². The van der Waals surface area contributed by atoms with Gasteiger partial charge in [-0.3, -0.25) is 0 Å². The number of rotatable bonds is 3. The number of fused-ring (bicyclic) bond motifs is 1. The van der Waals surface area contributed by atoms with Crippen molar-refractivity contribution in [1.29, 1.82) is 0 Å². The minimum Gasteiger partial charge on any atom is -0.363 e. The van der Waals surface area contributed by atoms with Crippen molar-refractivity contribution >= 4 is 27.4 Å². The number of nitrogens with one attached hydrogen (secondary N) is 1. The van der Waals surface area contributed by atoms with Gasteiger partial charge in [-0.2, -0.15) is 0 Å². The van der Waals surface area contributed by atoms with E-state index >= 15 is 0 Å². The Morgan fingerprint density at radius 1 is 1.47 bits per heavy atom. The van der Waals surface area contributed by atoms with E-state index in [1.54, 1.807) is 17.7 Å². The summed E-state index contributed by atoms with van der Waals surface area (Å²) in [6, 6.07) is 1.99. The van der Waals surface area contributed by atoms with Gasteiger partial charge in [0.25, 0.3) is 0 Å². The second kappa shape index (κ2) is 3.75. The van der Waals surface area contributed by atoms with Gasteiger partial charge in [0.1, 0.15) is 12.1 Å². The van der Waals surface area contributed by atoms with E-state index in [1.807, 2.05) is 11.4 Å². The number of hydrogen-bond acceptors (Lipinski definition) is 5. The minimum absolute atomic E-state index is 0.148. The molecule has 5 heteroatoms. The molecule has 2 aromatic heterocycles. The van der Waals surface area contributed by atoms with Crippen molar-refractivity contribution in [2.24, 2.45) is 5.73 Å². The Morgan fingerprint density at radius 2 is 2.27 bits per heavy atom. The van der Waals surface area contributed by atoms with Gasteiger partial charge in [-0.05, 0) is 25.3 Å². The van der Waals surface area contributed by atoms with E-state index in [9.17, 15) is 0 Å². The molecule has 0 spiro atoms. The third kappa shape index (κ3) is 2.08. The second-order valence-electron chi connectivity index (χ2n) is 4.07. The van der Waals surface area contributed by atoms with Crippen LogP contribution in [-0.4, -0.2) is 22.1 Å². The number of nitrogens with zero attached hydrogens (tertiary/aromatic N) is 2. The van der Waals surface area contributed by atoms with E-state index < -0.39 is 0 Å². The first-order valence-corrected chi connectivity index (χ1v) is 5.67. The van der Waals surface area contributed by atoms with Crippen LogP contribution >= 0.6 is 11.3 Å². The summed E-state index contributed by atoms with van der Waals surface area (Å²) < 4.78 is 1.08. The van der Waals surface area contributed by atoms with Gasteiger partial charge < -0.3 is 11.1 Å².